The van der Waals surface area contributed by atoms with Gasteiger partial charge in [0.2, 0.25) is 0 Å². The van der Waals surface area contributed by atoms with E-state index in [9.17, 15) is 13.2 Å². The van der Waals surface area contributed by atoms with Gasteiger partial charge in [-0.25, -0.2) is 8.42 Å². The third-order valence-corrected chi connectivity index (χ3v) is 5.37. The van der Waals surface area contributed by atoms with Gasteiger partial charge in [-0.2, -0.15) is 5.10 Å². The highest BCUT2D eigenvalue weighted by atomic mass is 32.2. The first-order valence-electron chi connectivity index (χ1n) is 7.68. The lowest BCUT2D eigenvalue weighted by Gasteiger charge is -2.36. The van der Waals surface area contributed by atoms with E-state index >= 15 is 0 Å². The van der Waals surface area contributed by atoms with E-state index in [1.807, 2.05) is 17.0 Å². The molecule has 0 atom stereocenters. The van der Waals surface area contributed by atoms with Crippen LogP contribution in [0.2, 0.25) is 0 Å². The molecule has 3 rings (SSSR count). The summed E-state index contributed by atoms with van der Waals surface area (Å²) in [6.07, 6.45) is 2.82. The van der Waals surface area contributed by atoms with Crippen molar-refractivity contribution >= 4 is 21.4 Å². The Labute approximate surface area is 141 Å². The molecule has 0 N–H and O–H groups in total. The third kappa shape index (κ3) is 3.28. The molecule has 2 aromatic rings. The van der Waals surface area contributed by atoms with E-state index in [1.54, 1.807) is 36.1 Å². The van der Waals surface area contributed by atoms with E-state index in [4.69, 9.17) is 0 Å². The summed E-state index contributed by atoms with van der Waals surface area (Å²) in [4.78, 5) is 16.7. The molecule has 0 spiro atoms. The molecule has 0 unspecified atom stereocenters. The molecule has 0 saturated carbocycles. The molecule has 7 nitrogen and oxygen atoms in total. The summed E-state index contributed by atoms with van der Waals surface area (Å²) in [5.41, 5.74) is 1.55. The number of piperazine rings is 1. The first kappa shape index (κ1) is 16.5. The van der Waals surface area contributed by atoms with Crippen LogP contribution in [0.1, 0.15) is 10.5 Å². The van der Waals surface area contributed by atoms with Crippen molar-refractivity contribution < 1.29 is 13.2 Å². The van der Waals surface area contributed by atoms with Crippen molar-refractivity contribution in [3.63, 3.8) is 0 Å². The van der Waals surface area contributed by atoms with Gasteiger partial charge in [0.05, 0.1) is 4.90 Å². The Morgan fingerprint density at radius 1 is 1.04 bits per heavy atom. The van der Waals surface area contributed by atoms with Gasteiger partial charge in [0.15, 0.2) is 9.84 Å². The normalized spacial score (nSPS) is 15.6. The van der Waals surface area contributed by atoms with E-state index in [0.29, 0.717) is 36.8 Å². The van der Waals surface area contributed by atoms with Crippen LogP contribution in [0.3, 0.4) is 0 Å². The smallest absolute Gasteiger partial charge is 0.272 e. The topological polar surface area (TPSA) is 75.5 Å². The molecule has 0 radical (unpaired) electrons. The Morgan fingerprint density at radius 2 is 1.67 bits per heavy atom. The van der Waals surface area contributed by atoms with Crippen LogP contribution in [0.4, 0.5) is 5.69 Å². The second-order valence-corrected chi connectivity index (χ2v) is 7.90. The highest BCUT2D eigenvalue weighted by Gasteiger charge is 2.24. The number of sulfone groups is 1. The van der Waals surface area contributed by atoms with Crippen molar-refractivity contribution in [2.75, 3.05) is 37.3 Å². The highest BCUT2D eigenvalue weighted by molar-refractivity contribution is 7.90. The van der Waals surface area contributed by atoms with Crippen LogP contribution in [0, 0.1) is 0 Å². The summed E-state index contributed by atoms with van der Waals surface area (Å²) in [5, 5.41) is 4.03. The summed E-state index contributed by atoms with van der Waals surface area (Å²) >= 11 is 0. The largest absolute Gasteiger partial charge is 0.368 e. The minimum atomic E-state index is -3.18. The molecule has 1 aliphatic rings. The average Bonchev–Trinajstić information content (AvgIpc) is 3.00. The van der Waals surface area contributed by atoms with Crippen molar-refractivity contribution in [1.82, 2.24) is 14.7 Å². The molecule has 1 aromatic carbocycles. The average molecular weight is 348 g/mol. The molecule has 128 valence electrons. The molecule has 1 aliphatic heterocycles. The molecule has 0 aliphatic carbocycles. The number of anilines is 1. The van der Waals surface area contributed by atoms with Crippen LogP contribution in [0.25, 0.3) is 0 Å². The zero-order valence-electron chi connectivity index (χ0n) is 13.7. The minimum Gasteiger partial charge on any atom is -0.368 e. The fourth-order valence-electron chi connectivity index (χ4n) is 2.82. The van der Waals surface area contributed by atoms with Gasteiger partial charge in [-0.1, -0.05) is 0 Å². The quantitative estimate of drug-likeness (QED) is 0.820. The van der Waals surface area contributed by atoms with Crippen molar-refractivity contribution in [2.24, 2.45) is 7.05 Å². The van der Waals surface area contributed by atoms with Crippen LogP contribution in [-0.2, 0) is 16.9 Å². The fourth-order valence-corrected chi connectivity index (χ4v) is 3.45. The molecule has 0 bridgehead atoms. The monoisotopic (exact) mass is 348 g/mol. The Hall–Kier alpha value is -2.35. The number of carbonyl (C=O) groups excluding carboxylic acids is 1. The standard InChI is InChI=1S/C16H20N4O3S/c1-18-15(7-8-17-18)16(21)20-11-9-19(10-12-20)13-3-5-14(6-4-13)24(2,22)23/h3-8H,9-12H2,1-2H3. The summed E-state index contributed by atoms with van der Waals surface area (Å²) in [6, 6.07) is 8.60. The molecule has 1 fully saturated rings. The fraction of sp³-hybridized carbons (Fsp3) is 0.375. The van der Waals surface area contributed by atoms with E-state index in [2.05, 4.69) is 10.00 Å². The van der Waals surface area contributed by atoms with Crippen LogP contribution >= 0.6 is 0 Å². The van der Waals surface area contributed by atoms with Crippen molar-refractivity contribution in [3.8, 4) is 0 Å². The predicted octanol–water partition coefficient (Wildman–Crippen LogP) is 0.786. The molecular formula is C16H20N4O3S. The second kappa shape index (κ2) is 6.27. The van der Waals surface area contributed by atoms with Gasteiger partial charge in [-0.05, 0) is 30.3 Å². The van der Waals surface area contributed by atoms with Gasteiger partial charge < -0.3 is 9.80 Å². The number of hydrogen-bond donors (Lipinski definition) is 0. The Balaban J connectivity index is 1.65. The van der Waals surface area contributed by atoms with Crippen LogP contribution in [-0.4, -0.2) is 61.4 Å². The summed E-state index contributed by atoms with van der Waals surface area (Å²) < 4.78 is 24.6. The number of amides is 1. The molecule has 1 saturated heterocycles. The van der Waals surface area contributed by atoms with Gasteiger partial charge in [-0.15, -0.1) is 0 Å². The number of aromatic nitrogens is 2. The summed E-state index contributed by atoms with van der Waals surface area (Å²) in [7, 11) is -1.42. The third-order valence-electron chi connectivity index (χ3n) is 4.24. The van der Waals surface area contributed by atoms with Crippen molar-refractivity contribution in [2.45, 2.75) is 4.90 Å². The Morgan fingerprint density at radius 3 is 2.17 bits per heavy atom. The maximum absolute atomic E-state index is 12.5. The number of benzene rings is 1. The summed E-state index contributed by atoms with van der Waals surface area (Å²) in [5.74, 6) is -0.0120. The zero-order chi connectivity index (χ0) is 17.3. The van der Waals surface area contributed by atoms with Crippen LogP contribution < -0.4 is 4.90 Å². The van der Waals surface area contributed by atoms with Gasteiger partial charge in [0, 0.05) is 51.4 Å². The van der Waals surface area contributed by atoms with Crippen LogP contribution in [0.15, 0.2) is 41.4 Å². The van der Waals surface area contributed by atoms with Gasteiger partial charge >= 0.3 is 0 Å². The number of rotatable bonds is 3. The molecule has 1 amide bonds. The lowest BCUT2D eigenvalue weighted by Crippen LogP contribution is -2.49. The minimum absolute atomic E-state index is 0.0120. The number of hydrogen-bond acceptors (Lipinski definition) is 5. The second-order valence-electron chi connectivity index (χ2n) is 5.89. The summed E-state index contributed by atoms with van der Waals surface area (Å²) in [6.45, 7) is 2.67. The van der Waals surface area contributed by atoms with Crippen molar-refractivity contribution in [3.05, 3.63) is 42.2 Å². The highest BCUT2D eigenvalue weighted by Crippen LogP contribution is 2.20. The molecule has 8 heteroatoms. The van der Waals surface area contributed by atoms with Gasteiger partial charge in [-0.3, -0.25) is 9.48 Å². The number of carbonyl (C=O) groups is 1. The van der Waals surface area contributed by atoms with E-state index in [1.165, 1.54) is 6.26 Å². The lowest BCUT2D eigenvalue weighted by atomic mass is 10.2. The molecular weight excluding hydrogens is 328 g/mol. The van der Waals surface area contributed by atoms with E-state index in [0.717, 1.165) is 5.69 Å². The van der Waals surface area contributed by atoms with E-state index in [-0.39, 0.29) is 5.91 Å². The maximum Gasteiger partial charge on any atom is 0.272 e. The Bertz CT molecular complexity index is 834. The first-order valence-corrected chi connectivity index (χ1v) is 9.58. The number of aryl methyl sites for hydroxylation is 1. The Kier molecular flexibility index (Phi) is 4.31. The first-order chi connectivity index (χ1) is 11.4. The zero-order valence-corrected chi connectivity index (χ0v) is 14.5. The molecule has 1 aromatic heterocycles. The molecule has 24 heavy (non-hydrogen) atoms. The SMILES string of the molecule is Cn1nccc1C(=O)N1CCN(c2ccc(S(C)(=O)=O)cc2)CC1. The van der Waals surface area contributed by atoms with Crippen LogP contribution in [0.5, 0.6) is 0 Å². The van der Waals surface area contributed by atoms with Crippen molar-refractivity contribution in [1.29, 1.82) is 0 Å². The van der Waals surface area contributed by atoms with Gasteiger partial charge in [0.25, 0.3) is 5.91 Å². The lowest BCUT2D eigenvalue weighted by molar-refractivity contribution is 0.0735. The molecule has 2 heterocycles. The van der Waals surface area contributed by atoms with Gasteiger partial charge in [0.1, 0.15) is 5.69 Å². The van der Waals surface area contributed by atoms with E-state index < -0.39 is 9.84 Å². The maximum atomic E-state index is 12.5. The number of nitrogens with zero attached hydrogens (tertiary/aromatic N) is 4. The predicted molar refractivity (Wildman–Crippen MR) is 90.9 cm³/mol.